The van der Waals surface area contributed by atoms with E-state index in [4.69, 9.17) is 4.52 Å². The lowest BCUT2D eigenvalue weighted by Gasteiger charge is -2.19. The third kappa shape index (κ3) is 2.40. The maximum Gasteiger partial charge on any atom is 0.244 e. The zero-order chi connectivity index (χ0) is 13.2. The summed E-state index contributed by atoms with van der Waals surface area (Å²) in [7, 11) is 0. The molecule has 98 valence electrons. The first-order chi connectivity index (χ1) is 9.22. The number of rotatable bonds is 3. The zero-order valence-corrected chi connectivity index (χ0v) is 10.4. The molecule has 0 aromatic carbocycles. The SMILES string of the molecule is Cc1cc(CCc2ncnc3c2NCC(=O)N3)on1. The number of amides is 1. The highest BCUT2D eigenvalue weighted by Crippen LogP contribution is 2.25. The summed E-state index contributed by atoms with van der Waals surface area (Å²) in [5, 5.41) is 9.60. The Morgan fingerprint density at radius 3 is 3.05 bits per heavy atom. The number of hydrogen-bond acceptors (Lipinski definition) is 6. The number of nitrogens with one attached hydrogen (secondary N) is 2. The standard InChI is InChI=1S/C12H13N5O2/c1-7-4-8(19-17-7)2-3-9-11-12(15-6-14-9)16-10(18)5-13-11/h4,6,13H,2-3,5H2,1H3,(H,14,15,16,18). The average Bonchev–Trinajstić information content (AvgIpc) is 2.81. The molecular weight excluding hydrogens is 246 g/mol. The van der Waals surface area contributed by atoms with Crippen LogP contribution in [0.25, 0.3) is 0 Å². The van der Waals surface area contributed by atoms with Crippen molar-refractivity contribution < 1.29 is 9.32 Å². The van der Waals surface area contributed by atoms with E-state index in [1.807, 2.05) is 13.0 Å². The summed E-state index contributed by atoms with van der Waals surface area (Å²) in [6.07, 6.45) is 2.86. The molecule has 1 aliphatic heterocycles. The van der Waals surface area contributed by atoms with Crippen molar-refractivity contribution in [2.45, 2.75) is 19.8 Å². The van der Waals surface area contributed by atoms with E-state index < -0.39 is 0 Å². The Balaban J connectivity index is 1.78. The van der Waals surface area contributed by atoms with Crippen molar-refractivity contribution >= 4 is 17.4 Å². The molecule has 0 saturated heterocycles. The molecule has 0 atom stereocenters. The average molecular weight is 259 g/mol. The predicted octanol–water partition coefficient (Wildman–Crippen LogP) is 0.922. The van der Waals surface area contributed by atoms with Crippen molar-refractivity contribution in [3.8, 4) is 0 Å². The van der Waals surface area contributed by atoms with E-state index in [0.717, 1.165) is 22.8 Å². The van der Waals surface area contributed by atoms with Crippen LogP contribution in [0.15, 0.2) is 16.9 Å². The number of aromatic nitrogens is 3. The van der Waals surface area contributed by atoms with Gasteiger partial charge in [0.05, 0.1) is 23.6 Å². The van der Waals surface area contributed by atoms with Gasteiger partial charge in [-0.05, 0) is 13.3 Å². The van der Waals surface area contributed by atoms with Crippen molar-refractivity contribution in [1.82, 2.24) is 15.1 Å². The Kier molecular flexibility index (Phi) is 2.86. The molecule has 0 saturated carbocycles. The first-order valence-corrected chi connectivity index (χ1v) is 6.02. The largest absolute Gasteiger partial charge is 0.372 e. The smallest absolute Gasteiger partial charge is 0.244 e. The molecule has 0 unspecified atom stereocenters. The van der Waals surface area contributed by atoms with Crippen LogP contribution >= 0.6 is 0 Å². The van der Waals surface area contributed by atoms with E-state index >= 15 is 0 Å². The van der Waals surface area contributed by atoms with Crippen molar-refractivity contribution in [2.75, 3.05) is 17.2 Å². The number of anilines is 2. The minimum absolute atomic E-state index is 0.0944. The molecule has 1 amide bonds. The van der Waals surface area contributed by atoms with Crippen molar-refractivity contribution in [3.63, 3.8) is 0 Å². The summed E-state index contributed by atoms with van der Waals surface area (Å²) >= 11 is 0. The molecule has 19 heavy (non-hydrogen) atoms. The highest BCUT2D eigenvalue weighted by atomic mass is 16.5. The number of aryl methyl sites for hydroxylation is 3. The van der Waals surface area contributed by atoms with Gasteiger partial charge in [0.15, 0.2) is 5.82 Å². The topological polar surface area (TPSA) is 92.9 Å². The number of carbonyl (C=O) groups is 1. The number of fused-ring (bicyclic) bond motifs is 1. The van der Waals surface area contributed by atoms with Crippen LogP contribution in [0, 0.1) is 6.92 Å². The molecular formula is C12H13N5O2. The third-order valence-electron chi connectivity index (χ3n) is 2.89. The first-order valence-electron chi connectivity index (χ1n) is 6.02. The highest BCUT2D eigenvalue weighted by molar-refractivity contribution is 5.99. The van der Waals surface area contributed by atoms with Crippen molar-refractivity contribution in [3.05, 3.63) is 29.5 Å². The van der Waals surface area contributed by atoms with Crippen LogP contribution in [0.1, 0.15) is 17.1 Å². The summed E-state index contributed by atoms with van der Waals surface area (Å²) in [4.78, 5) is 19.6. The van der Waals surface area contributed by atoms with Gasteiger partial charge in [-0.3, -0.25) is 4.79 Å². The second-order valence-electron chi connectivity index (χ2n) is 4.38. The fourth-order valence-corrected chi connectivity index (χ4v) is 2.01. The van der Waals surface area contributed by atoms with Gasteiger partial charge in [-0.2, -0.15) is 0 Å². The van der Waals surface area contributed by atoms with E-state index in [0.29, 0.717) is 18.7 Å². The van der Waals surface area contributed by atoms with Gasteiger partial charge in [0, 0.05) is 12.5 Å². The molecule has 0 radical (unpaired) electrons. The van der Waals surface area contributed by atoms with Crippen LogP contribution in [-0.2, 0) is 17.6 Å². The minimum atomic E-state index is -0.0944. The molecule has 1 aliphatic rings. The quantitative estimate of drug-likeness (QED) is 0.851. The summed E-state index contributed by atoms with van der Waals surface area (Å²) < 4.78 is 5.16. The van der Waals surface area contributed by atoms with E-state index in [1.54, 1.807) is 0 Å². The van der Waals surface area contributed by atoms with Gasteiger partial charge in [0.1, 0.15) is 12.1 Å². The van der Waals surface area contributed by atoms with Gasteiger partial charge in [-0.25, -0.2) is 9.97 Å². The molecule has 2 N–H and O–H groups in total. The molecule has 3 heterocycles. The third-order valence-corrected chi connectivity index (χ3v) is 2.89. The van der Waals surface area contributed by atoms with Gasteiger partial charge in [0.25, 0.3) is 0 Å². The lowest BCUT2D eigenvalue weighted by Crippen LogP contribution is -2.29. The van der Waals surface area contributed by atoms with E-state index in [1.165, 1.54) is 6.33 Å². The van der Waals surface area contributed by atoms with Gasteiger partial charge in [0.2, 0.25) is 5.91 Å². The second kappa shape index (κ2) is 4.68. The Morgan fingerprint density at radius 2 is 2.26 bits per heavy atom. The van der Waals surface area contributed by atoms with E-state index in [2.05, 4.69) is 25.8 Å². The molecule has 0 bridgehead atoms. The normalized spacial score (nSPS) is 13.6. The lowest BCUT2D eigenvalue weighted by atomic mass is 10.1. The van der Waals surface area contributed by atoms with Gasteiger partial charge in [-0.15, -0.1) is 0 Å². The summed E-state index contributed by atoms with van der Waals surface area (Å²) in [6, 6.07) is 1.91. The number of carbonyl (C=O) groups excluding carboxylic acids is 1. The second-order valence-corrected chi connectivity index (χ2v) is 4.38. The maximum absolute atomic E-state index is 11.3. The number of hydrogen-bond donors (Lipinski definition) is 2. The summed E-state index contributed by atoms with van der Waals surface area (Å²) in [5.74, 6) is 1.27. The molecule has 7 nitrogen and oxygen atoms in total. The Hall–Kier alpha value is -2.44. The zero-order valence-electron chi connectivity index (χ0n) is 10.4. The Morgan fingerprint density at radius 1 is 1.37 bits per heavy atom. The first kappa shape index (κ1) is 11.6. The lowest BCUT2D eigenvalue weighted by molar-refractivity contribution is -0.114. The van der Waals surface area contributed by atoms with Crippen LogP contribution in [-0.4, -0.2) is 27.6 Å². The summed E-state index contributed by atoms with van der Waals surface area (Å²) in [6.45, 7) is 2.13. The molecule has 2 aromatic rings. The van der Waals surface area contributed by atoms with Crippen LogP contribution in [0.2, 0.25) is 0 Å². The number of nitrogens with zero attached hydrogens (tertiary/aromatic N) is 3. The predicted molar refractivity (Wildman–Crippen MR) is 67.8 cm³/mol. The van der Waals surface area contributed by atoms with Gasteiger partial charge >= 0.3 is 0 Å². The Bertz CT molecular complexity index is 622. The van der Waals surface area contributed by atoms with Crippen molar-refractivity contribution in [1.29, 1.82) is 0 Å². The fraction of sp³-hybridized carbons (Fsp3) is 0.333. The van der Waals surface area contributed by atoms with Crippen molar-refractivity contribution in [2.24, 2.45) is 0 Å². The molecule has 0 fully saturated rings. The van der Waals surface area contributed by atoms with E-state index in [-0.39, 0.29) is 12.5 Å². The minimum Gasteiger partial charge on any atom is -0.372 e. The van der Waals surface area contributed by atoms with Gasteiger partial charge in [-0.1, -0.05) is 5.16 Å². The monoisotopic (exact) mass is 259 g/mol. The molecule has 2 aromatic heterocycles. The fourth-order valence-electron chi connectivity index (χ4n) is 2.01. The maximum atomic E-state index is 11.3. The van der Waals surface area contributed by atoms with Gasteiger partial charge < -0.3 is 15.2 Å². The molecule has 0 spiro atoms. The van der Waals surface area contributed by atoms with Crippen LogP contribution in [0.5, 0.6) is 0 Å². The van der Waals surface area contributed by atoms with E-state index in [9.17, 15) is 4.79 Å². The van der Waals surface area contributed by atoms with Crippen LogP contribution < -0.4 is 10.6 Å². The van der Waals surface area contributed by atoms with Crippen LogP contribution in [0.3, 0.4) is 0 Å². The molecule has 7 heteroatoms. The summed E-state index contributed by atoms with van der Waals surface area (Å²) in [5.41, 5.74) is 2.52. The molecule has 3 rings (SSSR count). The molecule has 0 aliphatic carbocycles. The Labute approximate surface area is 109 Å². The highest BCUT2D eigenvalue weighted by Gasteiger charge is 2.19. The van der Waals surface area contributed by atoms with Crippen LogP contribution in [0.4, 0.5) is 11.5 Å².